The van der Waals surface area contributed by atoms with Crippen LogP contribution in [0.5, 0.6) is 11.6 Å². The van der Waals surface area contributed by atoms with E-state index in [4.69, 9.17) is 21.1 Å². The molecule has 0 bridgehead atoms. The molecule has 1 aromatic heterocycles. The minimum Gasteiger partial charge on any atom is -0.447 e. The van der Waals surface area contributed by atoms with Gasteiger partial charge in [-0.05, 0) is 30.0 Å². The number of fused-ring (bicyclic) bond motifs is 3. The van der Waals surface area contributed by atoms with Gasteiger partial charge >= 0.3 is 5.97 Å². The largest absolute Gasteiger partial charge is 0.447 e. The number of amides is 1. The third-order valence-electron chi connectivity index (χ3n) is 5.11. The number of thioether (sulfide) groups is 1. The van der Waals surface area contributed by atoms with Crippen molar-refractivity contribution in [2.75, 3.05) is 10.7 Å². The molecule has 0 radical (unpaired) electrons. The van der Waals surface area contributed by atoms with Gasteiger partial charge in [0.2, 0.25) is 23.2 Å². The highest BCUT2D eigenvalue weighted by Gasteiger charge is 2.35. The monoisotopic (exact) mass is 498 g/mol. The molecule has 176 valence electrons. The third-order valence-corrected chi connectivity index (χ3v) is 6.13. The molecule has 1 atom stereocenters. The zero-order valence-corrected chi connectivity index (χ0v) is 20.5. The van der Waals surface area contributed by atoms with Gasteiger partial charge in [0.05, 0.1) is 10.7 Å². The molecule has 0 fully saturated rings. The molecular formula is C24H23ClN4O4S. The number of hydrogen-bond acceptors (Lipinski definition) is 8. The van der Waals surface area contributed by atoms with Crippen LogP contribution in [0.3, 0.4) is 0 Å². The highest BCUT2D eigenvalue weighted by atomic mass is 35.5. The van der Waals surface area contributed by atoms with E-state index in [0.29, 0.717) is 27.7 Å². The molecule has 1 amide bonds. The highest BCUT2D eigenvalue weighted by molar-refractivity contribution is 7.99. The molecule has 0 unspecified atom stereocenters. The molecule has 0 spiro atoms. The Labute approximate surface area is 206 Å². The number of halogens is 1. The fraction of sp³-hybridized carbons (Fsp3) is 0.292. The van der Waals surface area contributed by atoms with E-state index in [0.717, 1.165) is 5.75 Å². The first-order valence-electron chi connectivity index (χ1n) is 10.9. The summed E-state index contributed by atoms with van der Waals surface area (Å²) in [4.78, 5) is 31.1. The molecule has 1 aliphatic rings. The molecular weight excluding hydrogens is 476 g/mol. The van der Waals surface area contributed by atoms with E-state index in [-0.39, 0.29) is 35.4 Å². The summed E-state index contributed by atoms with van der Waals surface area (Å²) in [5, 5.41) is 9.31. The molecule has 8 nitrogen and oxygen atoms in total. The number of para-hydroxylation sites is 1. The Hall–Kier alpha value is -3.17. The quantitative estimate of drug-likeness (QED) is 0.251. The Morgan fingerprint density at radius 1 is 1.12 bits per heavy atom. The predicted octanol–water partition coefficient (Wildman–Crippen LogP) is 5.45. The average molecular weight is 499 g/mol. The number of benzene rings is 2. The number of anilines is 1. The molecule has 34 heavy (non-hydrogen) atoms. The molecule has 0 aliphatic carbocycles. The summed E-state index contributed by atoms with van der Waals surface area (Å²) in [5.41, 5.74) is 2.36. The number of carbonyl (C=O) groups is 2. The van der Waals surface area contributed by atoms with Gasteiger partial charge in [0.15, 0.2) is 5.69 Å². The molecule has 0 saturated heterocycles. The number of hydrogen-bond donors (Lipinski definition) is 0. The van der Waals surface area contributed by atoms with Crippen LogP contribution in [0.25, 0.3) is 11.3 Å². The second-order valence-electron chi connectivity index (χ2n) is 7.30. The molecule has 0 N–H and O–H groups in total. The Bertz CT molecular complexity index is 1240. The first kappa shape index (κ1) is 24.0. The fourth-order valence-corrected chi connectivity index (χ4v) is 4.24. The lowest BCUT2D eigenvalue weighted by atomic mass is 10.1. The SMILES string of the molecule is CCSc1nnc2c(n1)O[C@H](c1ccc(OC(=O)CC)c(Cl)c1)N(C(=O)CC)c1ccccc1-2. The van der Waals surface area contributed by atoms with E-state index in [1.807, 2.05) is 31.2 Å². The second-order valence-corrected chi connectivity index (χ2v) is 8.94. The van der Waals surface area contributed by atoms with E-state index < -0.39 is 12.2 Å². The van der Waals surface area contributed by atoms with Crippen LogP contribution in [0.1, 0.15) is 45.4 Å². The maximum Gasteiger partial charge on any atom is 0.310 e. The van der Waals surface area contributed by atoms with E-state index in [9.17, 15) is 9.59 Å². The van der Waals surface area contributed by atoms with Crippen LogP contribution in [0, 0.1) is 0 Å². The lowest BCUT2D eigenvalue weighted by molar-refractivity contribution is -0.134. The van der Waals surface area contributed by atoms with Crippen LogP contribution in [0.15, 0.2) is 47.6 Å². The maximum absolute atomic E-state index is 13.2. The summed E-state index contributed by atoms with van der Waals surface area (Å²) in [7, 11) is 0. The Balaban J connectivity index is 1.87. The zero-order valence-electron chi connectivity index (χ0n) is 18.9. The summed E-state index contributed by atoms with van der Waals surface area (Å²) >= 11 is 7.88. The summed E-state index contributed by atoms with van der Waals surface area (Å²) < 4.78 is 11.6. The normalized spacial score (nSPS) is 14.5. The van der Waals surface area contributed by atoms with Crippen LogP contribution < -0.4 is 14.4 Å². The minimum absolute atomic E-state index is 0.154. The molecule has 2 heterocycles. The van der Waals surface area contributed by atoms with Gasteiger partial charge in [0.25, 0.3) is 0 Å². The number of aromatic nitrogens is 3. The zero-order chi connectivity index (χ0) is 24.2. The van der Waals surface area contributed by atoms with Gasteiger partial charge in [-0.1, -0.05) is 62.3 Å². The first-order valence-corrected chi connectivity index (χ1v) is 12.3. The van der Waals surface area contributed by atoms with Gasteiger partial charge in [-0.25, -0.2) is 0 Å². The van der Waals surface area contributed by atoms with Crippen molar-refractivity contribution in [3.05, 3.63) is 53.1 Å². The smallest absolute Gasteiger partial charge is 0.310 e. The van der Waals surface area contributed by atoms with Crippen LogP contribution in [0.4, 0.5) is 5.69 Å². The molecule has 3 aromatic rings. The van der Waals surface area contributed by atoms with Crippen molar-refractivity contribution in [3.63, 3.8) is 0 Å². The van der Waals surface area contributed by atoms with Crippen LogP contribution in [-0.2, 0) is 9.59 Å². The van der Waals surface area contributed by atoms with Crippen molar-refractivity contribution in [1.82, 2.24) is 15.2 Å². The molecule has 1 aliphatic heterocycles. The predicted molar refractivity (Wildman–Crippen MR) is 130 cm³/mol. The van der Waals surface area contributed by atoms with Crippen molar-refractivity contribution in [3.8, 4) is 22.9 Å². The number of ether oxygens (including phenoxy) is 2. The van der Waals surface area contributed by atoms with Crippen molar-refractivity contribution >= 4 is 40.9 Å². The van der Waals surface area contributed by atoms with Crippen molar-refractivity contribution in [2.24, 2.45) is 0 Å². The van der Waals surface area contributed by atoms with Gasteiger partial charge in [-0.3, -0.25) is 14.5 Å². The topological polar surface area (TPSA) is 94.5 Å². The molecule has 10 heteroatoms. The number of nitrogens with zero attached hydrogens (tertiary/aromatic N) is 4. The van der Waals surface area contributed by atoms with Crippen molar-refractivity contribution in [1.29, 1.82) is 0 Å². The average Bonchev–Trinajstić information content (AvgIpc) is 2.99. The van der Waals surface area contributed by atoms with E-state index in [1.54, 1.807) is 36.9 Å². The standard InChI is InChI=1S/C24H23ClN4O4S/c1-4-19(30)29-17-10-8-7-9-15(17)21-22(26-24(28-27-21)34-6-3)33-23(29)14-11-12-18(16(25)13-14)32-20(31)5-2/h7-13,23H,4-6H2,1-3H3/t23-/m1/s1. The van der Waals surface area contributed by atoms with Crippen molar-refractivity contribution < 1.29 is 19.1 Å². The van der Waals surface area contributed by atoms with Crippen molar-refractivity contribution in [2.45, 2.75) is 45.0 Å². The summed E-state index contributed by atoms with van der Waals surface area (Å²) in [6.45, 7) is 5.48. The second kappa shape index (κ2) is 10.4. The summed E-state index contributed by atoms with van der Waals surface area (Å²) in [6.07, 6.45) is -0.402. The third kappa shape index (κ3) is 4.71. The number of rotatable bonds is 6. The maximum atomic E-state index is 13.2. The van der Waals surface area contributed by atoms with E-state index in [2.05, 4.69) is 15.2 Å². The Morgan fingerprint density at radius 2 is 1.91 bits per heavy atom. The molecule has 0 saturated carbocycles. The molecule has 2 aromatic carbocycles. The Morgan fingerprint density at radius 3 is 2.62 bits per heavy atom. The first-order chi connectivity index (χ1) is 16.5. The van der Waals surface area contributed by atoms with Crippen LogP contribution in [0.2, 0.25) is 5.02 Å². The summed E-state index contributed by atoms with van der Waals surface area (Å²) in [6, 6.07) is 12.3. The molecule has 4 rings (SSSR count). The fourth-order valence-electron chi connectivity index (χ4n) is 3.51. The van der Waals surface area contributed by atoms with Gasteiger partial charge in [-0.2, -0.15) is 4.98 Å². The van der Waals surface area contributed by atoms with E-state index in [1.165, 1.54) is 11.8 Å². The van der Waals surface area contributed by atoms with Gasteiger partial charge in [0, 0.05) is 24.0 Å². The Kier molecular flexibility index (Phi) is 7.33. The van der Waals surface area contributed by atoms with E-state index >= 15 is 0 Å². The number of carbonyl (C=O) groups excluding carboxylic acids is 2. The summed E-state index contributed by atoms with van der Waals surface area (Å²) in [5.74, 6) is 0.737. The minimum atomic E-state index is -0.876. The lowest BCUT2D eigenvalue weighted by Crippen LogP contribution is -2.37. The van der Waals surface area contributed by atoms with Crippen LogP contribution >= 0.6 is 23.4 Å². The lowest BCUT2D eigenvalue weighted by Gasteiger charge is -2.30. The highest BCUT2D eigenvalue weighted by Crippen LogP contribution is 2.44. The number of esters is 1. The van der Waals surface area contributed by atoms with Gasteiger partial charge in [-0.15, -0.1) is 10.2 Å². The van der Waals surface area contributed by atoms with Gasteiger partial charge in [0.1, 0.15) is 5.75 Å². The van der Waals surface area contributed by atoms with Gasteiger partial charge < -0.3 is 9.47 Å². The van der Waals surface area contributed by atoms with Crippen LogP contribution in [-0.4, -0.2) is 32.8 Å².